The Kier molecular flexibility index (Phi) is 1.08. The Hall–Kier alpha value is 0. The lowest BCUT2D eigenvalue weighted by Gasteiger charge is -3.35. The van der Waals surface area contributed by atoms with Crippen molar-refractivity contribution in [3.8, 4) is 0 Å². The first-order valence-corrected chi connectivity index (χ1v) is 11.0. The normalized spacial score (nSPS) is 97.0. The Bertz CT molecular complexity index is 826. The van der Waals surface area contributed by atoms with E-state index in [1.807, 2.05) is 0 Å². The summed E-state index contributed by atoms with van der Waals surface area (Å²) >= 11 is 0. The van der Waals surface area contributed by atoms with Gasteiger partial charge >= 0.3 is 0 Å². The highest BCUT2D eigenvalue weighted by atomic mass is 15.4. The molecule has 0 N–H and O–H groups in total. The molecular weight excluding hydrogens is 288 g/mol. The minimum atomic E-state index is 0.528. The zero-order valence-corrected chi connectivity index (χ0v) is 16.7. The molecule has 9 saturated carbocycles. The fourth-order valence-corrected chi connectivity index (χ4v) is 17.6. The Morgan fingerprint density at radius 3 is 1.50 bits per heavy atom. The van der Waals surface area contributed by atoms with Crippen molar-refractivity contribution in [2.45, 2.75) is 61.8 Å². The second kappa shape index (κ2) is 2.09. The van der Waals surface area contributed by atoms with Crippen LogP contribution in [0.1, 0.15) is 61.8 Å². The molecule has 24 heavy (non-hydrogen) atoms. The van der Waals surface area contributed by atoms with Crippen LogP contribution in [0.15, 0.2) is 0 Å². The Morgan fingerprint density at radius 2 is 1.08 bits per heavy atom. The van der Waals surface area contributed by atoms with E-state index in [4.69, 9.17) is 0 Å². The largest absolute Gasteiger partial charge is 0.0616 e. The van der Waals surface area contributed by atoms with Crippen LogP contribution in [-0.2, 0) is 0 Å². The number of hydrogen-bond donors (Lipinski definition) is 0. The molecule has 0 aromatic heterocycles. The number of rotatable bonds is 0. The van der Waals surface area contributed by atoms with Gasteiger partial charge in [0.15, 0.2) is 0 Å². The molecule has 0 aromatic carbocycles. The number of hydrogen-bond acceptors (Lipinski definition) is 0. The third kappa shape index (κ3) is 0.361. The van der Waals surface area contributed by atoms with Gasteiger partial charge in [0.25, 0.3) is 0 Å². The fraction of sp³-hybridized carbons (Fsp3) is 1.00. The third-order valence-electron chi connectivity index (χ3n) is 16.6. The quantitative estimate of drug-likeness (QED) is 0.573. The van der Waals surface area contributed by atoms with Gasteiger partial charge in [-0.05, 0) is 90.7 Å². The molecule has 0 radical (unpaired) electrons. The molecule has 0 bridgehead atoms. The second-order valence-corrected chi connectivity index (χ2v) is 13.6. The first-order valence-electron chi connectivity index (χ1n) is 11.0. The molecule has 0 aromatic rings. The van der Waals surface area contributed by atoms with Crippen molar-refractivity contribution in [2.75, 3.05) is 0 Å². The minimum Gasteiger partial charge on any atom is -0.0616 e. The Labute approximate surface area is 146 Å². The second-order valence-electron chi connectivity index (χ2n) is 13.6. The summed E-state index contributed by atoms with van der Waals surface area (Å²) in [7, 11) is 0. The smallest absolute Gasteiger partial charge is 0.00270 e. The zero-order chi connectivity index (χ0) is 16.7. The molecule has 9 aliphatic carbocycles. The maximum absolute atomic E-state index is 2.80. The maximum Gasteiger partial charge on any atom is -0.00270 e. The van der Waals surface area contributed by atoms with Gasteiger partial charge in [0.2, 0.25) is 0 Å². The molecule has 0 saturated heterocycles. The van der Waals surface area contributed by atoms with Gasteiger partial charge in [0.1, 0.15) is 0 Å². The van der Waals surface area contributed by atoms with Crippen LogP contribution in [-0.4, -0.2) is 0 Å². The molecule has 128 valence electrons. The molecule has 0 aliphatic heterocycles. The molecule has 9 aliphatic rings. The summed E-state index contributed by atoms with van der Waals surface area (Å²) in [6, 6.07) is 0. The van der Waals surface area contributed by atoms with E-state index in [-0.39, 0.29) is 0 Å². The molecule has 12 unspecified atom stereocenters. The molecule has 0 amide bonds. The maximum atomic E-state index is 2.80. The van der Waals surface area contributed by atoms with Crippen molar-refractivity contribution in [3.63, 3.8) is 0 Å². The van der Waals surface area contributed by atoms with Gasteiger partial charge < -0.3 is 0 Å². The first-order chi connectivity index (χ1) is 11.0. The summed E-state index contributed by atoms with van der Waals surface area (Å²) < 4.78 is 0. The predicted molar refractivity (Wildman–Crippen MR) is 92.8 cm³/mol. The van der Waals surface area contributed by atoms with Gasteiger partial charge in [-0.1, -0.05) is 55.4 Å². The van der Waals surface area contributed by atoms with E-state index >= 15 is 0 Å². The summed E-state index contributed by atoms with van der Waals surface area (Å²) in [4.78, 5) is 0. The average molecular weight is 321 g/mol. The molecule has 0 nitrogen and oxygen atoms in total. The van der Waals surface area contributed by atoms with Gasteiger partial charge in [-0.2, -0.15) is 0 Å². The lowest BCUT2D eigenvalue weighted by molar-refractivity contribution is -0.897. The van der Waals surface area contributed by atoms with Gasteiger partial charge in [0, 0.05) is 0 Å². The molecule has 9 rings (SSSR count). The van der Waals surface area contributed by atoms with E-state index in [0.717, 1.165) is 45.3 Å². The van der Waals surface area contributed by atoms with E-state index in [1.54, 1.807) is 6.42 Å². The van der Waals surface area contributed by atoms with Crippen LogP contribution in [0.2, 0.25) is 0 Å². The zero-order valence-electron chi connectivity index (χ0n) is 16.7. The third-order valence-corrected chi connectivity index (χ3v) is 16.6. The van der Waals surface area contributed by atoms with Crippen LogP contribution < -0.4 is 0 Å². The SMILES string of the molecule is CC1C2C3CC4C5C(C)C6(C)C7(C)C(C)(C)C8(C)C1(C)C21C34C56C871. The molecule has 4 spiro atoms. The highest BCUT2D eigenvalue weighted by Gasteiger charge is 3.33. The van der Waals surface area contributed by atoms with Gasteiger partial charge in [-0.15, -0.1) is 0 Å². The fourth-order valence-electron chi connectivity index (χ4n) is 17.6. The van der Waals surface area contributed by atoms with Gasteiger partial charge in [0.05, 0.1) is 0 Å². The minimum absolute atomic E-state index is 0.528. The van der Waals surface area contributed by atoms with E-state index < -0.39 is 0 Å². The van der Waals surface area contributed by atoms with Crippen molar-refractivity contribution in [3.05, 3.63) is 0 Å². The molecule has 0 heterocycles. The van der Waals surface area contributed by atoms with Crippen LogP contribution in [0, 0.1) is 84.2 Å². The summed E-state index contributed by atoms with van der Waals surface area (Å²) in [5.74, 6) is 6.67. The molecule has 9 fully saturated rings. The summed E-state index contributed by atoms with van der Waals surface area (Å²) in [5.41, 5.74) is 6.52. The van der Waals surface area contributed by atoms with E-state index in [2.05, 4.69) is 55.4 Å². The lowest BCUT2D eigenvalue weighted by atomic mass is 8.68. The van der Waals surface area contributed by atoms with Crippen LogP contribution >= 0.6 is 0 Å². The lowest BCUT2D eigenvalue weighted by Crippen LogP contribution is -3.33. The van der Waals surface area contributed by atoms with Crippen molar-refractivity contribution < 1.29 is 0 Å². The Morgan fingerprint density at radius 1 is 0.667 bits per heavy atom. The van der Waals surface area contributed by atoms with Crippen LogP contribution in [0.4, 0.5) is 0 Å². The standard InChI is InChI=1S/C24H32/c1-10-14-12-9-13-15-11(2)18(6)20(8)16(3,4)19(7)17(10,5)22(14)21(12,13)23(15,18)24(19,20)22/h10-15H,9H2,1-8H3. The first kappa shape index (κ1) is 12.4. The highest BCUT2D eigenvalue weighted by molar-refractivity contribution is 5.79. The van der Waals surface area contributed by atoms with Gasteiger partial charge in [-0.3, -0.25) is 0 Å². The van der Waals surface area contributed by atoms with Crippen molar-refractivity contribution in [2.24, 2.45) is 84.2 Å². The molecule has 0 heteroatoms. The number of fused-ring (bicyclic) bond motifs is 4. The monoisotopic (exact) mass is 320 g/mol. The van der Waals surface area contributed by atoms with E-state index in [0.29, 0.717) is 27.1 Å². The molecule has 12 atom stereocenters. The molecular formula is C24H32. The summed E-state index contributed by atoms with van der Waals surface area (Å²) in [6.07, 6.45) is 1.65. The summed E-state index contributed by atoms with van der Waals surface area (Å²) in [6.45, 7) is 21.9. The predicted octanol–water partition coefficient (Wildman–Crippen LogP) is 5.23. The summed E-state index contributed by atoms with van der Waals surface area (Å²) in [5, 5.41) is 0. The van der Waals surface area contributed by atoms with Gasteiger partial charge in [-0.25, -0.2) is 0 Å². The van der Waals surface area contributed by atoms with Crippen molar-refractivity contribution in [1.29, 1.82) is 0 Å². The van der Waals surface area contributed by atoms with Crippen LogP contribution in [0.5, 0.6) is 0 Å². The topological polar surface area (TPSA) is 0 Å². The van der Waals surface area contributed by atoms with Crippen LogP contribution in [0.3, 0.4) is 0 Å². The van der Waals surface area contributed by atoms with Crippen molar-refractivity contribution in [1.82, 2.24) is 0 Å². The van der Waals surface area contributed by atoms with E-state index in [1.165, 1.54) is 11.8 Å². The Balaban J connectivity index is 1.47. The average Bonchev–Trinajstić information content (AvgIpc) is 2.49. The van der Waals surface area contributed by atoms with Crippen molar-refractivity contribution >= 4 is 0 Å². The van der Waals surface area contributed by atoms with Crippen LogP contribution in [0.25, 0.3) is 0 Å². The highest BCUT2D eigenvalue weighted by Crippen LogP contribution is 3.36. The van der Waals surface area contributed by atoms with E-state index in [9.17, 15) is 0 Å².